The van der Waals surface area contributed by atoms with Crippen LogP contribution >= 0.6 is 15.9 Å². The summed E-state index contributed by atoms with van der Waals surface area (Å²) in [7, 11) is 0. The summed E-state index contributed by atoms with van der Waals surface area (Å²) in [6.45, 7) is 4.49. The van der Waals surface area contributed by atoms with E-state index < -0.39 is 6.10 Å². The van der Waals surface area contributed by atoms with Crippen molar-refractivity contribution in [2.75, 3.05) is 0 Å². The lowest BCUT2D eigenvalue weighted by atomic mass is 10.0. The van der Waals surface area contributed by atoms with Gasteiger partial charge in [0.2, 0.25) is 0 Å². The quantitative estimate of drug-likeness (QED) is 0.884. The van der Waals surface area contributed by atoms with E-state index in [1.165, 1.54) is 0 Å². The highest BCUT2D eigenvalue weighted by atomic mass is 79.9. The first kappa shape index (κ1) is 14.3. The molecule has 2 unspecified atom stereocenters. The highest BCUT2D eigenvalue weighted by molar-refractivity contribution is 9.10. The predicted molar refractivity (Wildman–Crippen MR) is 78.8 cm³/mol. The SMILES string of the molecule is Cc1ccc(CNC(C)C(O)c2ccc(Br)cc2)o1. The van der Waals surface area contributed by atoms with E-state index in [0.29, 0.717) is 6.54 Å². The molecular weight excluding hydrogens is 306 g/mol. The monoisotopic (exact) mass is 323 g/mol. The Hall–Kier alpha value is -1.10. The van der Waals surface area contributed by atoms with E-state index in [0.717, 1.165) is 21.6 Å². The number of furan rings is 1. The van der Waals surface area contributed by atoms with Gasteiger partial charge in [-0.05, 0) is 43.7 Å². The minimum absolute atomic E-state index is 0.0495. The van der Waals surface area contributed by atoms with Gasteiger partial charge in [-0.15, -0.1) is 0 Å². The van der Waals surface area contributed by atoms with Crippen molar-refractivity contribution in [1.82, 2.24) is 5.32 Å². The summed E-state index contributed by atoms with van der Waals surface area (Å²) in [6.07, 6.45) is -0.538. The van der Waals surface area contributed by atoms with Gasteiger partial charge in [-0.25, -0.2) is 0 Å². The summed E-state index contributed by atoms with van der Waals surface area (Å²) in [5, 5.41) is 13.5. The van der Waals surface area contributed by atoms with Crippen LogP contribution in [0.1, 0.15) is 30.1 Å². The number of benzene rings is 1. The number of rotatable bonds is 5. The maximum atomic E-state index is 10.3. The average Bonchev–Trinajstić information content (AvgIpc) is 2.82. The molecule has 1 heterocycles. The van der Waals surface area contributed by atoms with Crippen LogP contribution in [-0.4, -0.2) is 11.1 Å². The van der Waals surface area contributed by atoms with Gasteiger partial charge in [0.15, 0.2) is 0 Å². The molecule has 1 aromatic carbocycles. The first-order valence-electron chi connectivity index (χ1n) is 6.28. The Bertz CT molecular complexity index is 521. The van der Waals surface area contributed by atoms with E-state index in [2.05, 4.69) is 21.2 Å². The molecule has 2 rings (SSSR count). The maximum absolute atomic E-state index is 10.3. The van der Waals surface area contributed by atoms with Gasteiger partial charge < -0.3 is 14.8 Å². The van der Waals surface area contributed by atoms with E-state index in [-0.39, 0.29) is 6.04 Å². The molecule has 19 heavy (non-hydrogen) atoms. The molecule has 2 atom stereocenters. The third-order valence-electron chi connectivity index (χ3n) is 3.08. The number of nitrogens with one attached hydrogen (secondary N) is 1. The Morgan fingerprint density at radius 1 is 1.21 bits per heavy atom. The van der Waals surface area contributed by atoms with Crippen molar-refractivity contribution in [1.29, 1.82) is 0 Å². The second-order valence-corrected chi connectivity index (χ2v) is 5.59. The van der Waals surface area contributed by atoms with Crippen LogP contribution in [-0.2, 0) is 6.54 Å². The molecular formula is C15H18BrNO2. The summed E-state index contributed by atoms with van der Waals surface area (Å²) in [5.74, 6) is 1.78. The lowest BCUT2D eigenvalue weighted by molar-refractivity contribution is 0.134. The third kappa shape index (κ3) is 3.93. The highest BCUT2D eigenvalue weighted by Gasteiger charge is 2.16. The molecule has 102 valence electrons. The van der Waals surface area contributed by atoms with E-state index in [1.54, 1.807) is 0 Å². The fourth-order valence-electron chi connectivity index (χ4n) is 1.90. The summed E-state index contributed by atoms with van der Waals surface area (Å²) < 4.78 is 6.49. The van der Waals surface area contributed by atoms with Crippen LogP contribution in [0.5, 0.6) is 0 Å². The molecule has 2 N–H and O–H groups in total. The molecule has 0 radical (unpaired) electrons. The standard InChI is InChI=1S/C15H18BrNO2/c1-10-3-8-14(19-10)9-17-11(2)15(18)12-4-6-13(16)7-5-12/h3-8,11,15,17-18H,9H2,1-2H3. The van der Waals surface area contributed by atoms with Crippen molar-refractivity contribution >= 4 is 15.9 Å². The fraction of sp³-hybridized carbons (Fsp3) is 0.333. The van der Waals surface area contributed by atoms with Gasteiger partial charge in [0.25, 0.3) is 0 Å². The van der Waals surface area contributed by atoms with Crippen LogP contribution in [0, 0.1) is 6.92 Å². The fourth-order valence-corrected chi connectivity index (χ4v) is 2.17. The molecule has 0 amide bonds. The van der Waals surface area contributed by atoms with Crippen LogP contribution in [0.15, 0.2) is 45.3 Å². The normalized spacial score (nSPS) is 14.3. The number of hydrogen-bond donors (Lipinski definition) is 2. The van der Waals surface area contributed by atoms with Crippen LogP contribution in [0.4, 0.5) is 0 Å². The number of halogens is 1. The van der Waals surface area contributed by atoms with Gasteiger partial charge in [0.05, 0.1) is 12.6 Å². The molecule has 0 fully saturated rings. The zero-order valence-corrected chi connectivity index (χ0v) is 12.6. The van der Waals surface area contributed by atoms with Gasteiger partial charge in [-0.2, -0.15) is 0 Å². The first-order chi connectivity index (χ1) is 9.06. The minimum atomic E-state index is -0.538. The van der Waals surface area contributed by atoms with Crippen molar-refractivity contribution < 1.29 is 9.52 Å². The Kier molecular flexibility index (Phi) is 4.80. The number of aliphatic hydroxyl groups is 1. The molecule has 0 spiro atoms. The second-order valence-electron chi connectivity index (χ2n) is 4.68. The predicted octanol–water partition coefficient (Wildman–Crippen LogP) is 3.56. The van der Waals surface area contributed by atoms with Crippen molar-refractivity contribution in [3.05, 3.63) is 58.0 Å². The van der Waals surface area contributed by atoms with Crippen molar-refractivity contribution in [3.8, 4) is 0 Å². The topological polar surface area (TPSA) is 45.4 Å². The first-order valence-corrected chi connectivity index (χ1v) is 7.08. The van der Waals surface area contributed by atoms with Crippen molar-refractivity contribution in [3.63, 3.8) is 0 Å². The zero-order chi connectivity index (χ0) is 13.8. The molecule has 0 aliphatic rings. The minimum Gasteiger partial charge on any atom is -0.465 e. The number of aliphatic hydroxyl groups excluding tert-OH is 1. The summed E-state index contributed by atoms with van der Waals surface area (Å²) in [5.41, 5.74) is 0.902. The second kappa shape index (κ2) is 6.37. The van der Waals surface area contributed by atoms with E-state index in [1.807, 2.05) is 50.2 Å². The number of hydrogen-bond acceptors (Lipinski definition) is 3. The van der Waals surface area contributed by atoms with Gasteiger partial charge in [0, 0.05) is 10.5 Å². The molecule has 1 aromatic heterocycles. The number of aryl methyl sites for hydroxylation is 1. The summed E-state index contributed by atoms with van der Waals surface area (Å²) >= 11 is 3.39. The highest BCUT2D eigenvalue weighted by Crippen LogP contribution is 2.20. The van der Waals surface area contributed by atoms with Crippen LogP contribution in [0.3, 0.4) is 0 Å². The average molecular weight is 324 g/mol. The van der Waals surface area contributed by atoms with Crippen LogP contribution in [0.25, 0.3) is 0 Å². The molecule has 3 nitrogen and oxygen atoms in total. The molecule has 0 aliphatic heterocycles. The lowest BCUT2D eigenvalue weighted by Crippen LogP contribution is -2.31. The van der Waals surface area contributed by atoms with E-state index in [9.17, 15) is 5.11 Å². The van der Waals surface area contributed by atoms with Crippen molar-refractivity contribution in [2.45, 2.75) is 32.5 Å². The Labute approximate surface area is 121 Å². The Balaban J connectivity index is 1.92. The van der Waals surface area contributed by atoms with Gasteiger partial charge >= 0.3 is 0 Å². The maximum Gasteiger partial charge on any atom is 0.117 e. The van der Waals surface area contributed by atoms with E-state index >= 15 is 0 Å². The zero-order valence-electron chi connectivity index (χ0n) is 11.1. The van der Waals surface area contributed by atoms with Gasteiger partial charge in [0.1, 0.15) is 11.5 Å². The molecule has 0 aliphatic carbocycles. The lowest BCUT2D eigenvalue weighted by Gasteiger charge is -2.20. The third-order valence-corrected chi connectivity index (χ3v) is 3.61. The summed E-state index contributed by atoms with van der Waals surface area (Å²) in [4.78, 5) is 0. The van der Waals surface area contributed by atoms with Gasteiger partial charge in [-0.3, -0.25) is 0 Å². The largest absolute Gasteiger partial charge is 0.465 e. The molecule has 0 saturated carbocycles. The van der Waals surface area contributed by atoms with E-state index in [4.69, 9.17) is 4.42 Å². The molecule has 0 bridgehead atoms. The molecule has 4 heteroatoms. The van der Waals surface area contributed by atoms with Crippen LogP contribution in [0.2, 0.25) is 0 Å². The summed E-state index contributed by atoms with van der Waals surface area (Å²) in [6, 6.07) is 11.5. The smallest absolute Gasteiger partial charge is 0.117 e. The molecule has 2 aromatic rings. The molecule has 0 saturated heterocycles. The van der Waals surface area contributed by atoms with Crippen molar-refractivity contribution in [2.24, 2.45) is 0 Å². The van der Waals surface area contributed by atoms with Crippen LogP contribution < -0.4 is 5.32 Å². The Morgan fingerprint density at radius 3 is 2.47 bits per heavy atom. The Morgan fingerprint density at radius 2 is 1.89 bits per heavy atom. The van der Waals surface area contributed by atoms with Gasteiger partial charge in [-0.1, -0.05) is 28.1 Å².